The summed E-state index contributed by atoms with van der Waals surface area (Å²) in [5.74, 6) is -0.535. The van der Waals surface area contributed by atoms with Crippen molar-refractivity contribution in [3.63, 3.8) is 0 Å². The summed E-state index contributed by atoms with van der Waals surface area (Å²) >= 11 is 3.00. The van der Waals surface area contributed by atoms with Gasteiger partial charge >= 0.3 is 0 Å². The number of hydrogen-bond acceptors (Lipinski definition) is 4. The largest absolute Gasteiger partial charge is 0.436 e. The molecule has 0 aliphatic rings. The third kappa shape index (κ3) is 2.83. The molecule has 0 unspecified atom stereocenters. The van der Waals surface area contributed by atoms with Gasteiger partial charge in [-0.2, -0.15) is 8.42 Å². The molecule has 0 radical (unpaired) electrons. The van der Waals surface area contributed by atoms with Gasteiger partial charge in [-0.15, -0.1) is 0 Å². The minimum Gasteiger partial charge on any atom is -0.436 e. The van der Waals surface area contributed by atoms with E-state index in [2.05, 4.69) is 25.6 Å². The molecule has 0 aliphatic carbocycles. The fourth-order valence-electron chi connectivity index (χ4n) is 1.07. The van der Waals surface area contributed by atoms with Crippen LogP contribution in [0.25, 0.3) is 0 Å². The molecule has 0 amide bonds. The maximum absolute atomic E-state index is 12.6. The number of sulfonamides is 1. The van der Waals surface area contributed by atoms with Crippen LogP contribution in [-0.4, -0.2) is 13.4 Å². The first-order valence-corrected chi connectivity index (χ1v) is 6.65. The molecule has 17 heavy (non-hydrogen) atoms. The minimum absolute atomic E-state index is 0.0129. The molecule has 2 heterocycles. The quantitative estimate of drug-likeness (QED) is 0.942. The molecule has 0 bridgehead atoms. The van der Waals surface area contributed by atoms with Gasteiger partial charge in [0.15, 0.2) is 4.67 Å². The molecule has 2 aromatic heterocycles. The number of anilines is 1. The zero-order chi connectivity index (χ0) is 12.5. The molecule has 2 aromatic rings. The van der Waals surface area contributed by atoms with E-state index in [9.17, 15) is 12.8 Å². The first-order valence-electron chi connectivity index (χ1n) is 4.37. The predicted molar refractivity (Wildman–Crippen MR) is 61.4 cm³/mol. The van der Waals surface area contributed by atoms with E-state index in [1.165, 1.54) is 18.2 Å². The van der Waals surface area contributed by atoms with Crippen LogP contribution < -0.4 is 4.72 Å². The molecule has 0 atom stereocenters. The Bertz CT molecular complexity index is 624. The van der Waals surface area contributed by atoms with Crippen molar-refractivity contribution in [2.75, 3.05) is 4.72 Å². The molecule has 0 spiro atoms. The van der Waals surface area contributed by atoms with E-state index >= 15 is 0 Å². The van der Waals surface area contributed by atoms with Crippen LogP contribution in [0.15, 0.2) is 44.6 Å². The van der Waals surface area contributed by atoms with E-state index in [1.807, 2.05) is 0 Å². The molecule has 0 aromatic carbocycles. The highest BCUT2D eigenvalue weighted by molar-refractivity contribution is 9.10. The number of hydrogen-bond donors (Lipinski definition) is 1. The van der Waals surface area contributed by atoms with E-state index in [-0.39, 0.29) is 10.9 Å². The monoisotopic (exact) mass is 320 g/mol. The zero-order valence-corrected chi connectivity index (χ0v) is 10.6. The SMILES string of the molecule is O=S(=O)(Nc1ccc(F)cn1)c1ccc(Br)o1. The summed E-state index contributed by atoms with van der Waals surface area (Å²) in [5.41, 5.74) is 0. The first kappa shape index (κ1) is 12.1. The Morgan fingerprint density at radius 1 is 1.29 bits per heavy atom. The van der Waals surface area contributed by atoms with Crippen LogP contribution in [0.4, 0.5) is 10.2 Å². The van der Waals surface area contributed by atoms with Gasteiger partial charge in [-0.3, -0.25) is 4.72 Å². The van der Waals surface area contributed by atoms with Crippen molar-refractivity contribution in [1.29, 1.82) is 0 Å². The van der Waals surface area contributed by atoms with Gasteiger partial charge in [0.1, 0.15) is 11.6 Å². The molecule has 90 valence electrons. The van der Waals surface area contributed by atoms with E-state index in [1.54, 1.807) is 0 Å². The lowest BCUT2D eigenvalue weighted by Crippen LogP contribution is -2.13. The molecular formula is C9H6BrFN2O3S. The molecule has 8 heteroatoms. The van der Waals surface area contributed by atoms with Crippen molar-refractivity contribution >= 4 is 31.8 Å². The van der Waals surface area contributed by atoms with Crippen molar-refractivity contribution in [1.82, 2.24) is 4.98 Å². The number of aromatic nitrogens is 1. The van der Waals surface area contributed by atoms with Gasteiger partial charge in [-0.25, -0.2) is 9.37 Å². The number of rotatable bonds is 3. The molecule has 0 saturated heterocycles. The van der Waals surface area contributed by atoms with E-state index in [0.29, 0.717) is 4.67 Å². The van der Waals surface area contributed by atoms with Gasteiger partial charge in [-0.1, -0.05) is 0 Å². The Balaban J connectivity index is 2.26. The number of furan rings is 1. The molecule has 0 saturated carbocycles. The third-order valence-electron chi connectivity index (χ3n) is 1.78. The average molecular weight is 321 g/mol. The van der Waals surface area contributed by atoms with Gasteiger partial charge < -0.3 is 4.42 Å². The number of halogens is 2. The second kappa shape index (κ2) is 4.46. The number of pyridine rings is 1. The fraction of sp³-hybridized carbons (Fsp3) is 0. The minimum atomic E-state index is -3.84. The Labute approximate surface area is 105 Å². The van der Waals surface area contributed by atoms with E-state index < -0.39 is 15.8 Å². The average Bonchev–Trinajstić information content (AvgIpc) is 2.69. The summed E-state index contributed by atoms with van der Waals surface area (Å²) < 4.78 is 43.4. The van der Waals surface area contributed by atoms with Crippen molar-refractivity contribution in [2.45, 2.75) is 5.09 Å². The second-order valence-corrected chi connectivity index (χ2v) is 5.42. The highest BCUT2D eigenvalue weighted by Crippen LogP contribution is 2.20. The number of nitrogens with one attached hydrogen (secondary N) is 1. The van der Waals surface area contributed by atoms with Crippen LogP contribution in [0.1, 0.15) is 0 Å². The highest BCUT2D eigenvalue weighted by Gasteiger charge is 2.18. The molecule has 5 nitrogen and oxygen atoms in total. The standard InChI is InChI=1S/C9H6BrFN2O3S/c10-7-2-4-9(16-7)17(14,15)13-8-3-1-6(11)5-12-8/h1-5H,(H,12,13). The van der Waals surface area contributed by atoms with Crippen LogP contribution in [0, 0.1) is 5.82 Å². The molecule has 0 aliphatic heterocycles. The van der Waals surface area contributed by atoms with Gasteiger partial charge in [0.2, 0.25) is 5.09 Å². The topological polar surface area (TPSA) is 72.2 Å². The summed E-state index contributed by atoms with van der Waals surface area (Å²) in [6.45, 7) is 0. The van der Waals surface area contributed by atoms with Crippen molar-refractivity contribution in [3.05, 3.63) is 40.9 Å². The van der Waals surface area contributed by atoms with Gasteiger partial charge in [-0.05, 0) is 40.2 Å². The van der Waals surface area contributed by atoms with Gasteiger partial charge in [0.05, 0.1) is 6.20 Å². The van der Waals surface area contributed by atoms with E-state index in [0.717, 1.165) is 12.3 Å². The summed E-state index contributed by atoms with van der Waals surface area (Å²) in [5, 5.41) is -0.254. The molecule has 0 fully saturated rings. The Kier molecular flexibility index (Phi) is 3.16. The Morgan fingerprint density at radius 2 is 2.06 bits per heavy atom. The highest BCUT2D eigenvalue weighted by atomic mass is 79.9. The first-order chi connectivity index (χ1) is 7.97. The maximum atomic E-state index is 12.6. The van der Waals surface area contributed by atoms with E-state index in [4.69, 9.17) is 4.42 Å². The summed E-state index contributed by atoms with van der Waals surface area (Å²) in [4.78, 5) is 3.58. The molecule has 1 N–H and O–H groups in total. The summed E-state index contributed by atoms with van der Waals surface area (Å²) in [6, 6.07) is 5.05. The third-order valence-corrected chi connectivity index (χ3v) is 3.43. The summed E-state index contributed by atoms with van der Waals surface area (Å²) in [7, 11) is -3.84. The van der Waals surface area contributed by atoms with Gasteiger partial charge in [0, 0.05) is 0 Å². The lowest BCUT2D eigenvalue weighted by molar-refractivity contribution is 0.433. The van der Waals surface area contributed by atoms with Crippen molar-refractivity contribution in [3.8, 4) is 0 Å². The van der Waals surface area contributed by atoms with Crippen molar-refractivity contribution in [2.24, 2.45) is 0 Å². The normalized spacial score (nSPS) is 11.4. The lowest BCUT2D eigenvalue weighted by atomic mass is 10.5. The summed E-state index contributed by atoms with van der Waals surface area (Å²) in [6.07, 6.45) is 0.913. The Hall–Kier alpha value is -1.41. The zero-order valence-electron chi connectivity index (χ0n) is 8.22. The second-order valence-electron chi connectivity index (χ2n) is 3.03. The van der Waals surface area contributed by atoms with Crippen LogP contribution in [-0.2, 0) is 10.0 Å². The van der Waals surface area contributed by atoms with Crippen molar-refractivity contribution < 1.29 is 17.2 Å². The van der Waals surface area contributed by atoms with Crippen LogP contribution in [0.5, 0.6) is 0 Å². The van der Waals surface area contributed by atoms with Gasteiger partial charge in [0.25, 0.3) is 10.0 Å². The van der Waals surface area contributed by atoms with Crippen LogP contribution in [0.3, 0.4) is 0 Å². The smallest absolute Gasteiger partial charge is 0.296 e. The molecule has 2 rings (SSSR count). The van der Waals surface area contributed by atoms with Crippen LogP contribution >= 0.6 is 15.9 Å². The Morgan fingerprint density at radius 3 is 2.59 bits per heavy atom. The fourth-order valence-corrected chi connectivity index (χ4v) is 2.42. The lowest BCUT2D eigenvalue weighted by Gasteiger charge is -2.03. The maximum Gasteiger partial charge on any atom is 0.296 e. The molecular weight excluding hydrogens is 315 g/mol. The predicted octanol–water partition coefficient (Wildman–Crippen LogP) is 2.38. The number of nitrogens with zero attached hydrogens (tertiary/aromatic N) is 1. The van der Waals surface area contributed by atoms with Crippen LogP contribution in [0.2, 0.25) is 0 Å².